The summed E-state index contributed by atoms with van der Waals surface area (Å²) in [5, 5.41) is 1.85. The number of nitrogens with zero attached hydrogens (tertiary/aromatic N) is 4. The molecule has 0 bridgehead atoms. The molecular weight excluding hydrogens is 452 g/mol. The van der Waals surface area contributed by atoms with Gasteiger partial charge in [0.1, 0.15) is 16.2 Å². The van der Waals surface area contributed by atoms with Crippen molar-refractivity contribution in [3.63, 3.8) is 0 Å². The Balaban J connectivity index is 1.56. The lowest BCUT2D eigenvalue weighted by Crippen LogP contribution is -2.37. The van der Waals surface area contributed by atoms with Gasteiger partial charge >= 0.3 is 0 Å². The molecule has 1 aliphatic rings. The second kappa shape index (κ2) is 8.50. The summed E-state index contributed by atoms with van der Waals surface area (Å²) in [5.74, 6) is 0.253. The van der Waals surface area contributed by atoms with Gasteiger partial charge in [-0.15, -0.1) is 11.3 Å². The van der Waals surface area contributed by atoms with Gasteiger partial charge in [-0.1, -0.05) is 11.8 Å². The van der Waals surface area contributed by atoms with Crippen LogP contribution in [-0.2, 0) is 21.2 Å². The molecule has 0 saturated heterocycles. The molecule has 2 aromatic heterocycles. The molecule has 1 aliphatic heterocycles. The molecule has 0 atom stereocenters. The molecule has 7 nitrogen and oxygen atoms in total. The number of hydrogen-bond donors (Lipinski definition) is 0. The van der Waals surface area contributed by atoms with Crippen LogP contribution in [0.2, 0.25) is 0 Å². The lowest BCUT2D eigenvalue weighted by Gasteiger charge is -2.30. The summed E-state index contributed by atoms with van der Waals surface area (Å²) < 4.78 is 26.1. The van der Waals surface area contributed by atoms with Crippen molar-refractivity contribution in [1.29, 1.82) is 0 Å². The lowest BCUT2D eigenvalue weighted by molar-refractivity contribution is -0.116. The number of aromatic nitrogens is 2. The number of carbonyl (C=O) groups excluding carboxylic acids is 1. The maximum absolute atomic E-state index is 13.1. The van der Waals surface area contributed by atoms with Crippen molar-refractivity contribution in [2.24, 2.45) is 0 Å². The Hall–Kier alpha value is -2.01. The van der Waals surface area contributed by atoms with Crippen molar-refractivity contribution in [1.82, 2.24) is 14.3 Å². The van der Waals surface area contributed by atoms with Gasteiger partial charge in [-0.3, -0.25) is 4.79 Å². The van der Waals surface area contributed by atoms with E-state index >= 15 is 0 Å². The predicted molar refractivity (Wildman–Crippen MR) is 126 cm³/mol. The van der Waals surface area contributed by atoms with Gasteiger partial charge in [0.25, 0.3) is 0 Å². The van der Waals surface area contributed by atoms with Gasteiger partial charge in [0, 0.05) is 36.6 Å². The lowest BCUT2D eigenvalue weighted by atomic mass is 10.0. The van der Waals surface area contributed by atoms with Crippen LogP contribution in [0.5, 0.6) is 0 Å². The van der Waals surface area contributed by atoms with Crippen LogP contribution in [0.3, 0.4) is 0 Å². The quantitative estimate of drug-likeness (QED) is 0.413. The molecule has 0 spiro atoms. The molecule has 0 radical (unpaired) electrons. The van der Waals surface area contributed by atoms with Crippen LogP contribution >= 0.6 is 23.1 Å². The number of thioether (sulfide) groups is 1. The number of carbonyl (C=O) groups is 1. The number of anilines is 1. The highest BCUT2D eigenvalue weighted by Gasteiger charge is 2.26. The Morgan fingerprint density at radius 3 is 2.77 bits per heavy atom. The minimum atomic E-state index is -3.50. The summed E-state index contributed by atoms with van der Waals surface area (Å²) in [4.78, 5) is 26.0. The predicted octanol–water partition coefficient (Wildman–Crippen LogP) is 3.63. The molecule has 4 rings (SSSR count). The Kier molecular flexibility index (Phi) is 6.08. The van der Waals surface area contributed by atoms with E-state index in [2.05, 4.69) is 23.8 Å². The monoisotopic (exact) mass is 476 g/mol. The molecular formula is C21H24N4O3S3. The Labute approximate surface area is 190 Å². The fourth-order valence-electron chi connectivity index (χ4n) is 3.67. The molecule has 164 valence electrons. The minimum Gasteiger partial charge on any atom is -0.311 e. The molecule has 0 N–H and O–H groups in total. The van der Waals surface area contributed by atoms with E-state index in [-0.39, 0.29) is 16.6 Å². The zero-order valence-electron chi connectivity index (χ0n) is 17.9. The van der Waals surface area contributed by atoms with E-state index in [0.717, 1.165) is 44.9 Å². The molecule has 3 heterocycles. The van der Waals surface area contributed by atoms with Crippen molar-refractivity contribution in [2.45, 2.75) is 36.6 Å². The fraction of sp³-hybridized carbons (Fsp3) is 0.381. The zero-order valence-corrected chi connectivity index (χ0v) is 20.3. The van der Waals surface area contributed by atoms with Crippen molar-refractivity contribution < 1.29 is 13.2 Å². The van der Waals surface area contributed by atoms with Crippen molar-refractivity contribution in [2.75, 3.05) is 31.3 Å². The van der Waals surface area contributed by atoms with Crippen LogP contribution in [0.25, 0.3) is 10.2 Å². The van der Waals surface area contributed by atoms with E-state index in [4.69, 9.17) is 0 Å². The third kappa shape index (κ3) is 4.09. The van der Waals surface area contributed by atoms with Gasteiger partial charge in [-0.05, 0) is 56.0 Å². The number of fused-ring (bicyclic) bond motifs is 2. The van der Waals surface area contributed by atoms with Crippen LogP contribution in [0.15, 0.2) is 34.4 Å². The highest BCUT2D eigenvalue weighted by Crippen LogP contribution is 2.35. The van der Waals surface area contributed by atoms with E-state index in [1.54, 1.807) is 40.8 Å². The summed E-state index contributed by atoms with van der Waals surface area (Å²) in [6, 6.07) is 5.03. The largest absolute Gasteiger partial charge is 0.311 e. The summed E-state index contributed by atoms with van der Waals surface area (Å²) in [5.41, 5.74) is 2.85. The van der Waals surface area contributed by atoms with E-state index in [1.165, 1.54) is 35.0 Å². The average Bonchev–Trinajstić information content (AvgIpc) is 3.05. The molecule has 3 aromatic rings. The van der Waals surface area contributed by atoms with E-state index < -0.39 is 10.0 Å². The van der Waals surface area contributed by atoms with Crippen LogP contribution in [0.4, 0.5) is 5.69 Å². The zero-order chi connectivity index (χ0) is 22.3. The van der Waals surface area contributed by atoms with Gasteiger partial charge in [-0.25, -0.2) is 22.7 Å². The second-order valence-electron chi connectivity index (χ2n) is 7.66. The molecule has 0 aliphatic carbocycles. The van der Waals surface area contributed by atoms with E-state index in [9.17, 15) is 13.2 Å². The van der Waals surface area contributed by atoms with Crippen LogP contribution in [0, 0.1) is 13.8 Å². The highest BCUT2D eigenvalue weighted by atomic mass is 32.2. The average molecular weight is 477 g/mol. The maximum atomic E-state index is 13.1. The summed E-state index contributed by atoms with van der Waals surface area (Å²) >= 11 is 3.07. The molecule has 1 amide bonds. The first-order chi connectivity index (χ1) is 14.7. The van der Waals surface area contributed by atoms with Crippen molar-refractivity contribution in [3.05, 3.63) is 40.5 Å². The SMILES string of the molecule is Cc1sc2ncnc(SCC(=O)N3CCCc4cc(S(=O)(=O)N(C)C)ccc43)c2c1C. The number of hydrogen-bond acceptors (Lipinski definition) is 7. The number of thiophene rings is 1. The van der Waals surface area contributed by atoms with Crippen LogP contribution < -0.4 is 4.90 Å². The maximum Gasteiger partial charge on any atom is 0.242 e. The fourth-order valence-corrected chi connectivity index (χ4v) is 6.62. The molecule has 10 heteroatoms. The minimum absolute atomic E-state index is 0.00877. The van der Waals surface area contributed by atoms with Crippen LogP contribution in [-0.4, -0.2) is 55.0 Å². The molecule has 1 aromatic carbocycles. The first kappa shape index (κ1) is 22.2. The Bertz CT molecular complexity index is 1270. The molecule has 31 heavy (non-hydrogen) atoms. The second-order valence-corrected chi connectivity index (χ2v) is 12.0. The third-order valence-electron chi connectivity index (χ3n) is 5.51. The highest BCUT2D eigenvalue weighted by molar-refractivity contribution is 8.00. The number of aryl methyl sites for hydroxylation is 3. The number of sulfonamides is 1. The molecule has 0 unspecified atom stereocenters. The van der Waals surface area contributed by atoms with Crippen molar-refractivity contribution >= 4 is 54.9 Å². The van der Waals surface area contributed by atoms with E-state index in [1.807, 2.05) is 0 Å². The standard InChI is InChI=1S/C21H24N4O3S3/c1-13-14(2)30-21-19(13)20(22-12-23-21)29-11-18(26)25-9-5-6-15-10-16(7-8-17(15)25)31(27,28)24(3)4/h7-8,10,12H,5-6,9,11H2,1-4H3. The van der Waals surface area contributed by atoms with Gasteiger partial charge in [0.2, 0.25) is 15.9 Å². The number of rotatable bonds is 5. The first-order valence-electron chi connectivity index (χ1n) is 9.89. The number of benzene rings is 1. The Morgan fingerprint density at radius 2 is 2.03 bits per heavy atom. The topological polar surface area (TPSA) is 83.5 Å². The molecule has 0 fully saturated rings. The van der Waals surface area contributed by atoms with Crippen LogP contribution in [0.1, 0.15) is 22.4 Å². The third-order valence-corrected chi connectivity index (χ3v) is 9.41. The van der Waals surface area contributed by atoms with Gasteiger partial charge < -0.3 is 4.90 Å². The number of amides is 1. The summed E-state index contributed by atoms with van der Waals surface area (Å²) in [7, 11) is -0.472. The van der Waals surface area contributed by atoms with Crippen molar-refractivity contribution in [3.8, 4) is 0 Å². The van der Waals surface area contributed by atoms with Gasteiger partial charge in [0.15, 0.2) is 0 Å². The van der Waals surface area contributed by atoms with Gasteiger partial charge in [-0.2, -0.15) is 0 Å². The summed E-state index contributed by atoms with van der Waals surface area (Å²) in [6.07, 6.45) is 3.10. The van der Waals surface area contributed by atoms with E-state index in [0.29, 0.717) is 6.54 Å². The Morgan fingerprint density at radius 1 is 1.26 bits per heavy atom. The molecule has 0 saturated carbocycles. The summed E-state index contributed by atoms with van der Waals surface area (Å²) in [6.45, 7) is 4.75. The smallest absolute Gasteiger partial charge is 0.242 e. The normalized spacial score (nSPS) is 14.3. The first-order valence-corrected chi connectivity index (χ1v) is 13.1. The van der Waals surface area contributed by atoms with Gasteiger partial charge in [0.05, 0.1) is 10.6 Å².